The van der Waals surface area contributed by atoms with Gasteiger partial charge in [0, 0.05) is 19.8 Å². The molecule has 1 aromatic carbocycles. The molecule has 32 atom stereocenters. The summed E-state index contributed by atoms with van der Waals surface area (Å²) in [5.41, 5.74) is 5.55. The van der Waals surface area contributed by atoms with Crippen molar-refractivity contribution in [3.8, 4) is 0 Å². The summed E-state index contributed by atoms with van der Waals surface area (Å²) in [4.78, 5) is 26.4. The predicted molar refractivity (Wildman–Crippen MR) is 219 cm³/mol. The van der Waals surface area contributed by atoms with E-state index >= 15 is 0 Å². The quantitative estimate of drug-likeness (QED) is 0.315. The molecule has 32 unspecified atom stereocenters. The van der Waals surface area contributed by atoms with Gasteiger partial charge in [-0.3, -0.25) is 4.79 Å². The molecule has 19 rings (SSSR count). The lowest BCUT2D eigenvalue weighted by molar-refractivity contribution is -0.177. The summed E-state index contributed by atoms with van der Waals surface area (Å²) in [5.74, 6) is 33.0. The van der Waals surface area contributed by atoms with E-state index in [1.54, 1.807) is 69.4 Å². The second kappa shape index (κ2) is 9.35. The first-order chi connectivity index (χ1) is 28.9. The number of esters is 1. The molecule has 0 bridgehead atoms. The van der Waals surface area contributed by atoms with Crippen LogP contribution in [0.2, 0.25) is 0 Å². The minimum Gasteiger partial charge on any atom is -0.464 e. The van der Waals surface area contributed by atoms with E-state index in [2.05, 4.69) is 17.4 Å². The van der Waals surface area contributed by atoms with Crippen molar-refractivity contribution in [1.29, 1.82) is 0 Å². The Morgan fingerprint density at radius 3 is 1.54 bits per heavy atom. The fourth-order valence-corrected chi connectivity index (χ4v) is 29.1. The molecule has 4 heteroatoms. The normalized spacial score (nSPS) is 69.1. The molecule has 0 radical (unpaired) electrons. The third-order valence-corrected chi connectivity index (χ3v) is 27.6. The Morgan fingerprint density at radius 2 is 0.983 bits per heavy atom. The number of amides is 1. The molecule has 16 saturated carbocycles. The minimum atomic E-state index is -0.952. The number of fused-ring (bicyclic) bond motifs is 3. The van der Waals surface area contributed by atoms with E-state index in [9.17, 15) is 9.59 Å². The number of nitrogens with one attached hydrogen (secondary N) is 1. The number of hydrogen-bond acceptors (Lipinski definition) is 3. The van der Waals surface area contributed by atoms with Gasteiger partial charge in [-0.05, 0) is 276 Å². The van der Waals surface area contributed by atoms with Gasteiger partial charge < -0.3 is 10.1 Å². The Labute approximate surface area is 350 Å². The number of rotatable bonds is 3. The largest absolute Gasteiger partial charge is 0.464 e. The smallest absolute Gasteiger partial charge is 0.332 e. The second-order valence-corrected chi connectivity index (χ2v) is 27.4. The van der Waals surface area contributed by atoms with Crippen molar-refractivity contribution in [2.45, 2.75) is 96.4 Å². The van der Waals surface area contributed by atoms with Crippen LogP contribution in [0.25, 0.3) is 0 Å². The summed E-state index contributed by atoms with van der Waals surface area (Å²) in [5, 5.41) is 3.17. The van der Waals surface area contributed by atoms with Gasteiger partial charge in [0.1, 0.15) is 5.54 Å². The molecule has 59 heavy (non-hydrogen) atoms. The van der Waals surface area contributed by atoms with Gasteiger partial charge in [-0.15, -0.1) is 0 Å². The van der Waals surface area contributed by atoms with Crippen LogP contribution in [0.15, 0.2) is 12.1 Å². The third-order valence-electron chi connectivity index (χ3n) is 27.6. The first-order valence-electron chi connectivity index (χ1n) is 26.5. The van der Waals surface area contributed by atoms with Crippen LogP contribution < -0.4 is 5.32 Å². The Kier molecular flexibility index (Phi) is 5.06. The molecule has 1 amide bonds. The van der Waals surface area contributed by atoms with Crippen molar-refractivity contribution >= 4 is 11.9 Å². The van der Waals surface area contributed by atoms with Gasteiger partial charge in [-0.1, -0.05) is 12.1 Å². The number of hydrogen-bond donors (Lipinski definition) is 1. The number of carbonyl (C=O) groups excluding carboxylic acids is 2. The Hall–Kier alpha value is -1.84. The van der Waals surface area contributed by atoms with Crippen LogP contribution in [0.1, 0.15) is 87.5 Å². The SMILES string of the molecule is CCOC(=O)C1(NC(C)=O)Cc2cc3c(cc2C1)CC12CC4CC5CC6CC7CC8CC9CC%10CC(C%11C%12C%10C9C9C8C8C7C6C6C5C5C7C6C8C9C%12C7C%11C1C45)C2C3. The summed E-state index contributed by atoms with van der Waals surface area (Å²) in [7, 11) is 0. The van der Waals surface area contributed by atoms with Crippen molar-refractivity contribution in [2.75, 3.05) is 6.61 Å². The van der Waals surface area contributed by atoms with E-state index in [1.807, 2.05) is 6.92 Å². The molecule has 0 aromatic heterocycles. The first kappa shape index (κ1) is 31.9. The van der Waals surface area contributed by atoms with Gasteiger partial charge >= 0.3 is 5.97 Å². The van der Waals surface area contributed by atoms with Crippen LogP contribution >= 0.6 is 0 Å². The highest BCUT2D eigenvalue weighted by Gasteiger charge is 2.89. The van der Waals surface area contributed by atoms with Crippen LogP contribution in [0, 0.1) is 183 Å². The van der Waals surface area contributed by atoms with E-state index in [0.29, 0.717) is 24.9 Å². The monoisotopic (exact) mass is 787 g/mol. The van der Waals surface area contributed by atoms with Gasteiger partial charge in [-0.25, -0.2) is 4.79 Å². The second-order valence-electron chi connectivity index (χ2n) is 27.4. The molecule has 308 valence electrons. The molecule has 1 N–H and O–H groups in total. The summed E-state index contributed by atoms with van der Waals surface area (Å²) in [6.45, 7) is 3.83. The summed E-state index contributed by atoms with van der Waals surface area (Å²) < 4.78 is 5.71. The van der Waals surface area contributed by atoms with Gasteiger partial charge in [0.15, 0.2) is 0 Å². The van der Waals surface area contributed by atoms with Crippen LogP contribution in [0.4, 0.5) is 0 Å². The third kappa shape index (κ3) is 2.95. The van der Waals surface area contributed by atoms with E-state index in [1.165, 1.54) is 71.3 Å². The highest BCUT2D eigenvalue weighted by Crippen LogP contribution is 2.93. The lowest BCUT2D eigenvalue weighted by atomic mass is 9.38. The van der Waals surface area contributed by atoms with E-state index in [0.717, 1.165) is 130 Å². The molecule has 0 saturated heterocycles. The Balaban J connectivity index is 0.833. The number of carbonyl (C=O) groups is 2. The molecule has 16 fully saturated rings. The molecule has 0 aliphatic heterocycles. The summed E-state index contributed by atoms with van der Waals surface area (Å²) >= 11 is 0. The minimum absolute atomic E-state index is 0.118. The zero-order chi connectivity index (χ0) is 37.8. The molecule has 0 heterocycles. The van der Waals surface area contributed by atoms with Gasteiger partial charge in [0.2, 0.25) is 5.91 Å². The molecule has 4 nitrogen and oxygen atoms in total. The van der Waals surface area contributed by atoms with E-state index < -0.39 is 5.54 Å². The van der Waals surface area contributed by atoms with Crippen molar-refractivity contribution in [3.63, 3.8) is 0 Å². The number of ether oxygens (including phenoxy) is 1. The lowest BCUT2D eigenvalue weighted by Crippen LogP contribution is -2.62. The summed E-state index contributed by atoms with van der Waals surface area (Å²) in [6, 6.07) is 5.24. The highest BCUT2D eigenvalue weighted by molar-refractivity contribution is 5.89. The fourth-order valence-electron chi connectivity index (χ4n) is 29.1. The van der Waals surface area contributed by atoms with Crippen LogP contribution in [0.3, 0.4) is 0 Å². The van der Waals surface area contributed by atoms with Gasteiger partial charge in [-0.2, -0.15) is 0 Å². The zero-order valence-corrected chi connectivity index (χ0v) is 35.4. The topological polar surface area (TPSA) is 55.4 Å². The van der Waals surface area contributed by atoms with E-state index in [-0.39, 0.29) is 11.9 Å². The average Bonchev–Trinajstić information content (AvgIpc) is 4.06. The van der Waals surface area contributed by atoms with E-state index in [4.69, 9.17) is 4.74 Å². The number of benzene rings is 1. The Bertz CT molecular complexity index is 2280. The first-order valence-corrected chi connectivity index (χ1v) is 26.5. The van der Waals surface area contributed by atoms with Crippen LogP contribution in [-0.4, -0.2) is 24.0 Å². The molecular weight excluding hydrogens is 723 g/mol. The van der Waals surface area contributed by atoms with Crippen LogP contribution in [-0.2, 0) is 40.0 Å². The van der Waals surface area contributed by atoms with Crippen LogP contribution in [0.5, 0.6) is 0 Å². The molecule has 1 aromatic rings. The van der Waals surface area contributed by atoms with Crippen molar-refractivity contribution in [1.82, 2.24) is 5.32 Å². The maximum absolute atomic E-state index is 13.7. The lowest BCUT2D eigenvalue weighted by Gasteiger charge is -2.66. The molecule has 18 aliphatic carbocycles. The summed E-state index contributed by atoms with van der Waals surface area (Å²) in [6.07, 6.45) is 17.1. The predicted octanol–water partition coefficient (Wildman–Crippen LogP) is 8.13. The van der Waals surface area contributed by atoms with Crippen molar-refractivity contribution in [2.24, 2.45) is 183 Å². The fraction of sp³-hybridized carbons (Fsp3) is 0.855. The average molecular weight is 788 g/mol. The van der Waals surface area contributed by atoms with Crippen molar-refractivity contribution in [3.05, 3.63) is 34.4 Å². The Morgan fingerprint density at radius 1 is 0.542 bits per heavy atom. The zero-order valence-electron chi connectivity index (χ0n) is 35.4. The van der Waals surface area contributed by atoms with Gasteiger partial charge in [0.25, 0.3) is 0 Å². The maximum atomic E-state index is 13.7. The van der Waals surface area contributed by atoms with Gasteiger partial charge in [0.05, 0.1) is 6.61 Å². The molecule has 18 aliphatic rings. The molecular formula is C55H65NO3. The molecule has 1 spiro atoms. The highest BCUT2D eigenvalue weighted by atomic mass is 16.5. The standard InChI is InChI=1S/C55H65NO3/c1-3-59-53(58)55(56-18(2)57)16-27-4-19-13-31-30-12-25-9-22-7-23-6-20-5-21-8-24-10-29-15-54(31,14-26(19)11-28(27)17-55)52-38(29)43-37(24)42-33(21)32(20)40-36(23)41-34(22)35(25)44-39(30)51(52)50-48(43)46(42)45(40)47(41)49(44)50/h4,11,20-25,29-52H,3,5-10,12-17H2,1-2H3,(H,56,57). The maximum Gasteiger partial charge on any atom is 0.332 e. The van der Waals surface area contributed by atoms with Crippen molar-refractivity contribution < 1.29 is 14.3 Å².